The quantitative estimate of drug-likeness (QED) is 0.123. The second kappa shape index (κ2) is 97.0. The summed E-state index contributed by atoms with van der Waals surface area (Å²) < 4.78 is 167. The largest absolute Gasteiger partial charge is 1.00 e. The van der Waals surface area contributed by atoms with Crippen LogP contribution in [0.25, 0.3) is 0 Å². The Kier molecular flexibility index (Phi) is 274. The predicted molar refractivity (Wildman–Crippen MR) is 78.4 cm³/mol. The Hall–Kier alpha value is 18.7. The molecule has 0 rings (SSSR count). The fourth-order valence-electron chi connectivity index (χ4n) is 0. The molecule has 0 aromatic heterocycles. The molecule has 0 saturated heterocycles. The standard InChI is InChI=1S/9FH2O3P.18Na/c9*1-5(2,3)4;;;;;;;;;;;;;;;;;;/h9*(H2,2,3,4);;;;;;;;;;;;;;;;;;/q;;;;;;;;;18*+1/p-18. The molecule has 0 unspecified atom stereocenters. The van der Waals surface area contributed by atoms with Gasteiger partial charge in [0.2, 0.25) is 0 Å². The minimum atomic E-state index is -5.64. The Morgan fingerprint density at radius 2 is 0.143 bits per heavy atom. The van der Waals surface area contributed by atoms with E-state index in [1.165, 1.54) is 0 Å². The monoisotopic (exact) mass is 1300 g/mol. The van der Waals surface area contributed by atoms with Crippen LogP contribution >= 0.6 is 71.2 Å². The molecule has 0 aliphatic rings. The zero-order valence-corrected chi connectivity index (χ0v) is 80.5. The van der Waals surface area contributed by atoms with Crippen molar-refractivity contribution in [2.45, 2.75) is 0 Å². The summed E-state index contributed by atoms with van der Waals surface area (Å²) in [4.78, 5) is 152. The summed E-state index contributed by atoms with van der Waals surface area (Å²) in [7, 11) is -50.8. The summed E-state index contributed by atoms with van der Waals surface area (Å²) >= 11 is 0. The van der Waals surface area contributed by atoms with Crippen LogP contribution in [0.3, 0.4) is 0 Å². The van der Waals surface area contributed by atoms with Gasteiger partial charge in [-0.1, -0.05) is 0 Å². The molecule has 0 aliphatic carbocycles. The summed E-state index contributed by atoms with van der Waals surface area (Å²) in [6, 6.07) is 0. The molecule has 0 bridgehead atoms. The van der Waals surface area contributed by atoms with Gasteiger partial charge in [0, 0.05) is 0 Å². The Labute approximate surface area is 750 Å². The smallest absolute Gasteiger partial charge is 0.786 e. The van der Waals surface area contributed by atoms with Crippen LogP contribution in [-0.2, 0) is 41.1 Å². The van der Waals surface area contributed by atoms with Gasteiger partial charge in [0.05, 0.1) is 0 Å². The summed E-state index contributed by atoms with van der Waals surface area (Å²) in [5.74, 6) is 0. The molecule has 0 amide bonds. The van der Waals surface area contributed by atoms with Crippen LogP contribution in [0.5, 0.6) is 0 Å². The van der Waals surface area contributed by atoms with Gasteiger partial charge in [-0.05, 0) is 0 Å². The average molecular weight is 1300 g/mol. The van der Waals surface area contributed by atoms with Crippen LogP contribution in [-0.4, -0.2) is 0 Å². The van der Waals surface area contributed by atoms with E-state index in [4.69, 9.17) is 129 Å². The maximum Gasteiger partial charge on any atom is 1.00 e. The van der Waals surface area contributed by atoms with E-state index in [0.29, 0.717) is 0 Å². The molecule has 0 aliphatic heterocycles. The molecule has 0 aromatic rings. The maximum atomic E-state index is 10.1. The minimum absolute atomic E-state index is 0. The molecule has 0 radical (unpaired) electrons. The third-order valence-electron chi connectivity index (χ3n) is 0. The van der Waals surface area contributed by atoms with Gasteiger partial charge in [0.25, 0.3) is 0 Å². The van der Waals surface area contributed by atoms with E-state index >= 15 is 0 Å². The fraction of sp³-hybridized carbons (Fsp3) is 0. The van der Waals surface area contributed by atoms with Crippen molar-refractivity contribution in [3.05, 3.63) is 0 Å². The van der Waals surface area contributed by atoms with Crippen molar-refractivity contribution in [2.75, 3.05) is 0 Å². The summed E-state index contributed by atoms with van der Waals surface area (Å²) in [6.07, 6.45) is 0. The van der Waals surface area contributed by atoms with E-state index < -0.39 is 71.2 Å². The molecule has 0 saturated carbocycles. The van der Waals surface area contributed by atoms with E-state index in [1.807, 2.05) is 0 Å². The van der Waals surface area contributed by atoms with Crippen molar-refractivity contribution in [1.82, 2.24) is 0 Å². The number of rotatable bonds is 0. The molecule has 0 heterocycles. The Morgan fingerprint density at radius 1 is 0.143 bits per heavy atom. The molecular weight excluding hydrogens is 1300 g/mol. The molecule has 27 nitrogen and oxygen atoms in total. The number of hydrogen-bond donors (Lipinski definition) is 0. The van der Waals surface area contributed by atoms with Crippen molar-refractivity contribution >= 4 is 71.2 Å². The topological polar surface area (TPSA) is 569 Å². The third-order valence-corrected chi connectivity index (χ3v) is 0. The molecular formula is F9Na18O27P9. The van der Waals surface area contributed by atoms with Gasteiger partial charge in [-0.15, -0.1) is 0 Å². The SMILES string of the molecule is O=P([O-])([O-])F.O=P([O-])([O-])F.O=P([O-])([O-])F.O=P([O-])([O-])F.O=P([O-])([O-])F.O=P([O-])([O-])F.O=P([O-])([O-])F.O=P([O-])([O-])F.O=P([O-])([O-])F.[Na+].[Na+].[Na+].[Na+].[Na+].[Na+].[Na+].[Na+].[Na+].[Na+].[Na+].[Na+].[Na+].[Na+].[Na+].[Na+].[Na+].[Na+]. The first-order valence-electron chi connectivity index (χ1n) is 6.45. The second-order valence-corrected chi connectivity index (χ2v) is 11.6. The van der Waals surface area contributed by atoms with Gasteiger partial charge >= 0.3 is 532 Å². The van der Waals surface area contributed by atoms with Crippen LogP contribution in [0.4, 0.5) is 37.8 Å². The van der Waals surface area contributed by atoms with Crippen LogP contribution in [0.1, 0.15) is 0 Å². The summed E-state index contributed by atoms with van der Waals surface area (Å²) in [5, 5.41) is 0. The molecule has 0 N–H and O–H groups in total. The van der Waals surface area contributed by atoms with E-state index in [2.05, 4.69) is 0 Å². The van der Waals surface area contributed by atoms with Gasteiger partial charge in [-0.2, -0.15) is 0 Å². The normalized spacial score (nSPS) is 8.43. The van der Waals surface area contributed by atoms with Crippen molar-refractivity contribution < 1.29 is 699 Å². The number of halogens is 9. The second-order valence-electron chi connectivity index (χ2n) is 3.88. The van der Waals surface area contributed by atoms with E-state index in [-0.39, 0.29) is 532 Å². The zero-order valence-electron chi connectivity index (χ0n) is 36.4. The van der Waals surface area contributed by atoms with Gasteiger partial charge in [-0.3, -0.25) is 0 Å². The summed E-state index contributed by atoms with van der Waals surface area (Å²) in [6.45, 7) is 0. The molecule has 0 fully saturated rings. The van der Waals surface area contributed by atoms with E-state index in [9.17, 15) is 37.8 Å². The molecule has 63 heteroatoms. The molecule has 288 valence electrons. The summed E-state index contributed by atoms with van der Waals surface area (Å²) in [5.41, 5.74) is 0. The van der Waals surface area contributed by atoms with E-state index in [1.54, 1.807) is 0 Å². The average Bonchev–Trinajstić information content (AvgIpc) is 2.26. The first-order chi connectivity index (χ1) is 18.0. The van der Waals surface area contributed by atoms with Gasteiger partial charge in [0.15, 0.2) is 0 Å². The van der Waals surface area contributed by atoms with Crippen LogP contribution in [0, 0.1) is 0 Å². The van der Waals surface area contributed by atoms with Gasteiger partial charge < -0.3 is 129 Å². The van der Waals surface area contributed by atoms with Crippen LogP contribution in [0.2, 0.25) is 0 Å². The molecule has 63 heavy (non-hydrogen) atoms. The molecule has 0 atom stereocenters. The first kappa shape index (κ1) is 178. The first-order valence-corrected chi connectivity index (χ1v) is 19.4. The Morgan fingerprint density at radius 3 is 0.143 bits per heavy atom. The van der Waals surface area contributed by atoms with Crippen molar-refractivity contribution in [3.8, 4) is 0 Å². The van der Waals surface area contributed by atoms with E-state index in [0.717, 1.165) is 0 Å². The predicted octanol–water partition coefficient (Wildman–Crippen LogP) is -64.9. The van der Waals surface area contributed by atoms with Crippen molar-refractivity contribution in [3.63, 3.8) is 0 Å². The van der Waals surface area contributed by atoms with Crippen molar-refractivity contribution in [2.24, 2.45) is 0 Å². The fourth-order valence-corrected chi connectivity index (χ4v) is 0. The molecule has 0 spiro atoms. The van der Waals surface area contributed by atoms with Crippen molar-refractivity contribution in [1.29, 1.82) is 0 Å². The maximum absolute atomic E-state index is 10.1. The van der Waals surface area contributed by atoms with Gasteiger partial charge in [0.1, 0.15) is 71.2 Å². The molecule has 0 aromatic carbocycles. The number of hydrogen-bond acceptors (Lipinski definition) is 27. The zero-order chi connectivity index (χ0) is 40.5. The third kappa shape index (κ3) is 1430. The van der Waals surface area contributed by atoms with Crippen LogP contribution in [0.15, 0.2) is 0 Å². The van der Waals surface area contributed by atoms with Crippen LogP contribution < -0.4 is 620 Å². The van der Waals surface area contributed by atoms with Gasteiger partial charge in [-0.25, -0.2) is 37.8 Å². The Balaban J connectivity index is -0.00000000894. The Bertz CT molecular complexity index is 817. The minimum Gasteiger partial charge on any atom is -0.786 e.